The second-order valence-electron chi connectivity index (χ2n) is 4.54. The number of unbranched alkanes of at least 4 members (excludes halogenated alkanes) is 8. The van der Waals surface area contributed by atoms with Crippen LogP contribution < -0.4 is 0 Å². The zero-order chi connectivity index (χ0) is 11.5. The summed E-state index contributed by atoms with van der Waals surface area (Å²) in [6, 6.07) is 0. The molecule has 0 spiro atoms. The summed E-state index contributed by atoms with van der Waals surface area (Å²) in [7, 11) is 0.458. The fraction of sp³-hybridized carbons (Fsp3) is 0.846. The van der Waals surface area contributed by atoms with Crippen LogP contribution in [0.2, 0.25) is 0 Å². The maximum Gasteiger partial charge on any atom is 0.0646 e. The van der Waals surface area contributed by atoms with Gasteiger partial charge in [0.15, 0.2) is 0 Å². The van der Waals surface area contributed by atoms with Gasteiger partial charge < -0.3 is 0 Å². The third kappa shape index (κ3) is 7.00. The molecular formula is C13H25N2P. The number of nitrogens with zero attached hydrogens (tertiary/aromatic N) is 2. The van der Waals surface area contributed by atoms with Gasteiger partial charge in [-0.2, -0.15) is 0 Å². The third-order valence-electron chi connectivity index (χ3n) is 3.00. The van der Waals surface area contributed by atoms with Crippen LogP contribution in [0.4, 0.5) is 0 Å². The average molecular weight is 240 g/mol. The largest absolute Gasteiger partial charge is 0.228 e. The van der Waals surface area contributed by atoms with Crippen molar-refractivity contribution >= 4 is 8.51 Å². The lowest BCUT2D eigenvalue weighted by atomic mass is 10.1. The molecular weight excluding hydrogens is 215 g/mol. The first-order valence-electron chi connectivity index (χ1n) is 6.78. The normalized spacial score (nSPS) is 11.3. The van der Waals surface area contributed by atoms with Crippen LogP contribution in [-0.2, 0) is 6.42 Å². The minimum absolute atomic E-state index is 0.458. The molecule has 0 aliphatic heterocycles. The van der Waals surface area contributed by atoms with E-state index in [0.29, 0.717) is 8.51 Å². The Hall–Kier alpha value is -0.360. The average Bonchev–Trinajstić information content (AvgIpc) is 2.80. The number of hydrogen-bond acceptors (Lipinski definition) is 2. The van der Waals surface area contributed by atoms with Crippen molar-refractivity contribution in [3.05, 3.63) is 11.9 Å². The zero-order valence-corrected chi connectivity index (χ0v) is 11.5. The predicted octanol–water partition coefficient (Wildman–Crippen LogP) is 4.58. The summed E-state index contributed by atoms with van der Waals surface area (Å²) in [4.78, 5) is 0. The van der Waals surface area contributed by atoms with Crippen molar-refractivity contribution in [1.29, 1.82) is 0 Å². The van der Waals surface area contributed by atoms with Crippen LogP contribution >= 0.6 is 8.51 Å². The van der Waals surface area contributed by atoms with Gasteiger partial charge in [0, 0.05) is 0 Å². The molecule has 0 aliphatic rings. The summed E-state index contributed by atoms with van der Waals surface area (Å²) in [5.74, 6) is 0. The van der Waals surface area contributed by atoms with Gasteiger partial charge in [-0.1, -0.05) is 58.3 Å². The Morgan fingerprint density at radius 2 is 1.56 bits per heavy atom. The Morgan fingerprint density at radius 1 is 0.938 bits per heavy atom. The van der Waals surface area contributed by atoms with Crippen LogP contribution in [-0.4, -0.2) is 9.49 Å². The number of rotatable bonds is 10. The highest BCUT2D eigenvalue weighted by molar-refractivity contribution is 7.20. The second-order valence-corrected chi connectivity index (χ2v) is 5.22. The molecule has 0 aromatic carbocycles. The van der Waals surface area contributed by atoms with Gasteiger partial charge in [0.25, 0.3) is 0 Å². The van der Waals surface area contributed by atoms with E-state index in [0.717, 1.165) is 6.42 Å². The van der Waals surface area contributed by atoms with Crippen molar-refractivity contribution in [2.24, 2.45) is 0 Å². The summed E-state index contributed by atoms with van der Waals surface area (Å²) in [6.07, 6.45) is 15.7. The minimum atomic E-state index is 0.458. The Balaban J connectivity index is 1.78. The van der Waals surface area contributed by atoms with Gasteiger partial charge in [-0.25, -0.2) is 9.49 Å². The SMILES string of the molecule is CCCCCCCCCCCc1cn[pH]n1. The summed E-state index contributed by atoms with van der Waals surface area (Å²) < 4.78 is 8.45. The first-order chi connectivity index (χ1) is 7.93. The van der Waals surface area contributed by atoms with Gasteiger partial charge in [0.1, 0.15) is 0 Å². The van der Waals surface area contributed by atoms with Crippen molar-refractivity contribution < 1.29 is 0 Å². The minimum Gasteiger partial charge on any atom is -0.228 e. The fourth-order valence-electron chi connectivity index (χ4n) is 1.96. The molecule has 3 heteroatoms. The lowest BCUT2D eigenvalue weighted by molar-refractivity contribution is 0.564. The second kappa shape index (κ2) is 9.84. The van der Waals surface area contributed by atoms with Gasteiger partial charge >= 0.3 is 0 Å². The van der Waals surface area contributed by atoms with Gasteiger partial charge in [-0.05, 0) is 12.8 Å². The Kier molecular flexibility index (Phi) is 8.43. The molecule has 0 bridgehead atoms. The lowest BCUT2D eigenvalue weighted by Crippen LogP contribution is -1.86. The molecule has 0 radical (unpaired) electrons. The van der Waals surface area contributed by atoms with E-state index in [-0.39, 0.29) is 0 Å². The highest BCUT2D eigenvalue weighted by Crippen LogP contribution is 2.11. The van der Waals surface area contributed by atoms with E-state index in [4.69, 9.17) is 0 Å². The molecule has 0 saturated carbocycles. The Labute approximate surface area is 101 Å². The third-order valence-corrected chi connectivity index (χ3v) is 3.63. The first kappa shape index (κ1) is 13.7. The maximum absolute atomic E-state index is 4.33. The van der Waals surface area contributed by atoms with Crippen LogP contribution in [0, 0.1) is 0 Å². The van der Waals surface area contributed by atoms with E-state index in [2.05, 4.69) is 16.4 Å². The molecule has 0 aliphatic carbocycles. The van der Waals surface area contributed by atoms with Crippen LogP contribution in [0.5, 0.6) is 0 Å². The summed E-state index contributed by atoms with van der Waals surface area (Å²) in [6.45, 7) is 2.27. The van der Waals surface area contributed by atoms with E-state index in [9.17, 15) is 0 Å². The van der Waals surface area contributed by atoms with Crippen LogP contribution in [0.25, 0.3) is 0 Å². The van der Waals surface area contributed by atoms with Gasteiger partial charge in [0.2, 0.25) is 0 Å². The molecule has 0 fully saturated rings. The van der Waals surface area contributed by atoms with E-state index in [1.807, 2.05) is 6.20 Å². The van der Waals surface area contributed by atoms with E-state index < -0.39 is 0 Å². The molecule has 0 amide bonds. The molecule has 1 unspecified atom stereocenters. The highest BCUT2D eigenvalue weighted by Gasteiger charge is 1.95. The van der Waals surface area contributed by atoms with Gasteiger partial charge in [-0.15, -0.1) is 0 Å². The smallest absolute Gasteiger partial charge is 0.0646 e. The molecule has 16 heavy (non-hydrogen) atoms. The molecule has 1 rings (SSSR count). The zero-order valence-electron chi connectivity index (χ0n) is 10.5. The van der Waals surface area contributed by atoms with Crippen molar-refractivity contribution in [2.75, 3.05) is 0 Å². The Bertz CT molecular complexity index is 234. The first-order valence-corrected chi connectivity index (χ1v) is 7.67. The summed E-state index contributed by atoms with van der Waals surface area (Å²) >= 11 is 0. The number of aromatic nitrogens is 2. The maximum atomic E-state index is 4.33. The van der Waals surface area contributed by atoms with E-state index in [1.165, 1.54) is 63.5 Å². The molecule has 1 aromatic rings. The van der Waals surface area contributed by atoms with Gasteiger partial charge in [0.05, 0.1) is 20.4 Å². The predicted molar refractivity (Wildman–Crippen MR) is 72.5 cm³/mol. The molecule has 1 aromatic heterocycles. The molecule has 2 nitrogen and oxygen atoms in total. The van der Waals surface area contributed by atoms with Crippen molar-refractivity contribution in [3.8, 4) is 0 Å². The molecule has 1 atom stereocenters. The number of aryl methyl sites for hydroxylation is 1. The van der Waals surface area contributed by atoms with Crippen molar-refractivity contribution in [3.63, 3.8) is 0 Å². The number of hydrogen-bond donors (Lipinski definition) is 0. The summed E-state index contributed by atoms with van der Waals surface area (Å²) in [5.41, 5.74) is 1.22. The van der Waals surface area contributed by atoms with Crippen molar-refractivity contribution in [2.45, 2.75) is 71.1 Å². The fourth-order valence-corrected chi connectivity index (χ4v) is 2.53. The highest BCUT2D eigenvalue weighted by atomic mass is 31.1. The lowest BCUT2D eigenvalue weighted by Gasteiger charge is -2.00. The topological polar surface area (TPSA) is 25.8 Å². The van der Waals surface area contributed by atoms with E-state index in [1.54, 1.807) is 0 Å². The molecule has 0 saturated heterocycles. The standard InChI is InChI=1S/C13H25N2P/c1-2-3-4-5-6-7-8-9-10-11-13-12-14-16-15-13/h12,16H,2-11H2,1H3. The quantitative estimate of drug-likeness (QED) is 0.559. The Morgan fingerprint density at radius 3 is 2.12 bits per heavy atom. The molecule has 0 N–H and O–H groups in total. The van der Waals surface area contributed by atoms with Crippen LogP contribution in [0.15, 0.2) is 6.20 Å². The van der Waals surface area contributed by atoms with E-state index >= 15 is 0 Å². The van der Waals surface area contributed by atoms with Gasteiger partial charge in [-0.3, -0.25) is 0 Å². The molecule has 1 heterocycles. The summed E-state index contributed by atoms with van der Waals surface area (Å²) in [5, 5.41) is 0. The molecule has 92 valence electrons. The monoisotopic (exact) mass is 240 g/mol. The van der Waals surface area contributed by atoms with Crippen LogP contribution in [0.1, 0.15) is 70.4 Å². The van der Waals surface area contributed by atoms with Crippen LogP contribution in [0.3, 0.4) is 0 Å². The van der Waals surface area contributed by atoms with Crippen molar-refractivity contribution in [1.82, 2.24) is 9.49 Å².